The molecular weight excluding hydrogens is 314 g/mol. The number of benzene rings is 1. The Morgan fingerprint density at radius 1 is 1.25 bits per heavy atom. The summed E-state index contributed by atoms with van der Waals surface area (Å²) in [5.41, 5.74) is 2.54. The van der Waals surface area contributed by atoms with E-state index in [0.717, 1.165) is 25.9 Å². The lowest BCUT2D eigenvalue weighted by Crippen LogP contribution is -2.26. The lowest BCUT2D eigenvalue weighted by Gasteiger charge is -2.17. The maximum atomic E-state index is 4.50. The van der Waals surface area contributed by atoms with Crippen LogP contribution in [0, 0.1) is 5.92 Å². The maximum absolute atomic E-state index is 4.50. The first-order valence-electron chi connectivity index (χ1n) is 7.11. The Balaban J connectivity index is 2.05. The third-order valence-electron chi connectivity index (χ3n) is 3.42. The third-order valence-corrected chi connectivity index (χ3v) is 4.19. The minimum absolute atomic E-state index is 0.559. The molecule has 108 valence electrons. The van der Waals surface area contributed by atoms with Crippen molar-refractivity contribution >= 4 is 15.9 Å². The topological polar surface area (TPSA) is 29.9 Å². The van der Waals surface area contributed by atoms with Crippen molar-refractivity contribution < 1.29 is 0 Å². The summed E-state index contributed by atoms with van der Waals surface area (Å²) in [6.45, 7) is 4.18. The van der Waals surface area contributed by atoms with Crippen LogP contribution in [0.15, 0.2) is 41.0 Å². The van der Waals surface area contributed by atoms with Gasteiger partial charge in [0, 0.05) is 17.7 Å². The Kier molecular flexibility index (Phi) is 5.80. The van der Waals surface area contributed by atoms with E-state index in [1.165, 1.54) is 15.7 Å². The molecule has 0 saturated heterocycles. The molecule has 1 aromatic heterocycles. The largest absolute Gasteiger partial charge is 0.317 e. The summed E-state index contributed by atoms with van der Waals surface area (Å²) in [4.78, 5) is 0. The van der Waals surface area contributed by atoms with Crippen molar-refractivity contribution in [3.8, 4) is 0 Å². The van der Waals surface area contributed by atoms with E-state index in [0.29, 0.717) is 5.92 Å². The summed E-state index contributed by atoms with van der Waals surface area (Å²) in [5.74, 6) is 0.559. The third kappa shape index (κ3) is 4.46. The number of halogens is 1. The molecule has 0 aliphatic carbocycles. The molecule has 0 aliphatic rings. The predicted octanol–water partition coefficient (Wildman–Crippen LogP) is 3.19. The van der Waals surface area contributed by atoms with E-state index in [2.05, 4.69) is 63.6 Å². The second-order valence-corrected chi connectivity index (χ2v) is 6.01. The lowest BCUT2D eigenvalue weighted by molar-refractivity contribution is 0.471. The van der Waals surface area contributed by atoms with Gasteiger partial charge < -0.3 is 5.32 Å². The molecule has 1 N–H and O–H groups in total. The van der Waals surface area contributed by atoms with Crippen LogP contribution in [0.25, 0.3) is 0 Å². The molecule has 1 atom stereocenters. The number of hydrogen-bond donors (Lipinski definition) is 1. The van der Waals surface area contributed by atoms with Crippen molar-refractivity contribution in [2.75, 3.05) is 13.1 Å². The molecule has 0 bridgehead atoms. The minimum atomic E-state index is 0.559. The molecule has 20 heavy (non-hydrogen) atoms. The summed E-state index contributed by atoms with van der Waals surface area (Å²) in [7, 11) is 1.97. The Labute approximate surface area is 129 Å². The molecule has 2 aromatic rings. The maximum Gasteiger partial charge on any atom is 0.0627 e. The van der Waals surface area contributed by atoms with Crippen LogP contribution in [-0.2, 0) is 19.9 Å². The highest BCUT2D eigenvalue weighted by molar-refractivity contribution is 9.10. The second-order valence-electron chi connectivity index (χ2n) is 5.15. The first-order chi connectivity index (χ1) is 9.69. The molecule has 0 amide bonds. The van der Waals surface area contributed by atoms with Gasteiger partial charge in [0.1, 0.15) is 0 Å². The first-order valence-corrected chi connectivity index (χ1v) is 7.91. The molecule has 3 nitrogen and oxygen atoms in total. The van der Waals surface area contributed by atoms with E-state index >= 15 is 0 Å². The summed E-state index contributed by atoms with van der Waals surface area (Å²) in [6, 6.07) is 10.6. The van der Waals surface area contributed by atoms with Crippen molar-refractivity contribution in [3.05, 3.63) is 52.3 Å². The highest BCUT2D eigenvalue weighted by atomic mass is 79.9. The van der Waals surface area contributed by atoms with Crippen molar-refractivity contribution in [1.82, 2.24) is 15.1 Å². The molecule has 0 saturated carbocycles. The van der Waals surface area contributed by atoms with Crippen LogP contribution in [0.1, 0.15) is 18.2 Å². The molecule has 2 rings (SSSR count). The van der Waals surface area contributed by atoms with E-state index in [1.54, 1.807) is 0 Å². The number of nitrogens with one attached hydrogen (secondary N) is 1. The van der Waals surface area contributed by atoms with Crippen molar-refractivity contribution in [3.63, 3.8) is 0 Å². The van der Waals surface area contributed by atoms with Crippen LogP contribution in [0.3, 0.4) is 0 Å². The van der Waals surface area contributed by atoms with E-state index in [1.807, 2.05) is 17.9 Å². The zero-order valence-corrected chi connectivity index (χ0v) is 13.7. The van der Waals surface area contributed by atoms with Gasteiger partial charge in [0.2, 0.25) is 0 Å². The molecule has 1 unspecified atom stereocenters. The monoisotopic (exact) mass is 335 g/mol. The van der Waals surface area contributed by atoms with Crippen LogP contribution < -0.4 is 5.32 Å². The Bertz CT molecular complexity index is 536. The average molecular weight is 336 g/mol. The molecule has 0 fully saturated rings. The highest BCUT2D eigenvalue weighted by Gasteiger charge is 2.13. The van der Waals surface area contributed by atoms with Crippen LogP contribution in [-0.4, -0.2) is 22.9 Å². The fourth-order valence-corrected chi connectivity index (χ4v) is 2.85. The van der Waals surface area contributed by atoms with E-state index in [9.17, 15) is 0 Å². The quantitative estimate of drug-likeness (QED) is 0.842. The average Bonchev–Trinajstić information content (AvgIpc) is 2.84. The minimum Gasteiger partial charge on any atom is -0.317 e. The van der Waals surface area contributed by atoms with Gasteiger partial charge in [-0.15, -0.1) is 0 Å². The smallest absolute Gasteiger partial charge is 0.0627 e. The normalized spacial score (nSPS) is 12.6. The molecule has 0 spiro atoms. The second kappa shape index (κ2) is 7.60. The van der Waals surface area contributed by atoms with E-state index in [-0.39, 0.29) is 0 Å². The first kappa shape index (κ1) is 15.3. The van der Waals surface area contributed by atoms with Crippen LogP contribution >= 0.6 is 15.9 Å². The molecule has 1 heterocycles. The summed E-state index contributed by atoms with van der Waals surface area (Å²) < 4.78 is 3.07. The van der Waals surface area contributed by atoms with Crippen molar-refractivity contribution in [2.24, 2.45) is 13.0 Å². The van der Waals surface area contributed by atoms with Crippen LogP contribution in [0.5, 0.6) is 0 Å². The van der Waals surface area contributed by atoms with Crippen molar-refractivity contribution in [1.29, 1.82) is 0 Å². The van der Waals surface area contributed by atoms with Gasteiger partial charge in [-0.05, 0) is 49.5 Å². The molecule has 0 aliphatic heterocycles. The fraction of sp³-hybridized carbons (Fsp3) is 0.438. The summed E-state index contributed by atoms with van der Waals surface area (Å²) in [6.07, 6.45) is 4.08. The summed E-state index contributed by atoms with van der Waals surface area (Å²) >= 11 is 3.64. The van der Waals surface area contributed by atoms with Gasteiger partial charge in [-0.3, -0.25) is 4.68 Å². The van der Waals surface area contributed by atoms with Gasteiger partial charge >= 0.3 is 0 Å². The predicted molar refractivity (Wildman–Crippen MR) is 86.8 cm³/mol. The zero-order valence-electron chi connectivity index (χ0n) is 12.1. The Morgan fingerprint density at radius 2 is 2.05 bits per heavy atom. The van der Waals surface area contributed by atoms with Gasteiger partial charge in [0.25, 0.3) is 0 Å². The van der Waals surface area contributed by atoms with Crippen molar-refractivity contribution in [2.45, 2.75) is 19.8 Å². The molecule has 4 heteroatoms. The molecule has 0 radical (unpaired) electrons. The molecule has 1 aromatic carbocycles. The zero-order chi connectivity index (χ0) is 14.4. The SMILES string of the molecule is CCNCC(Cc1ccn(C)n1)Cc1ccccc1Br. The number of aryl methyl sites for hydroxylation is 1. The van der Waals surface area contributed by atoms with Gasteiger partial charge in [-0.1, -0.05) is 41.1 Å². The van der Waals surface area contributed by atoms with Gasteiger partial charge in [0.15, 0.2) is 0 Å². The number of nitrogens with zero attached hydrogens (tertiary/aromatic N) is 2. The highest BCUT2D eigenvalue weighted by Crippen LogP contribution is 2.21. The van der Waals surface area contributed by atoms with Gasteiger partial charge in [-0.25, -0.2) is 0 Å². The Hall–Kier alpha value is -1.13. The standard InChI is InChI=1S/C16H22BrN3/c1-3-18-12-13(11-15-8-9-20(2)19-15)10-14-6-4-5-7-16(14)17/h4-9,13,18H,3,10-12H2,1-2H3. The van der Waals surface area contributed by atoms with Crippen LogP contribution in [0.4, 0.5) is 0 Å². The number of rotatable bonds is 7. The number of aromatic nitrogens is 2. The summed E-state index contributed by atoms with van der Waals surface area (Å²) in [5, 5.41) is 7.97. The molecular formula is C16H22BrN3. The van der Waals surface area contributed by atoms with Gasteiger partial charge in [-0.2, -0.15) is 5.10 Å². The van der Waals surface area contributed by atoms with Gasteiger partial charge in [0.05, 0.1) is 5.69 Å². The Morgan fingerprint density at radius 3 is 2.70 bits per heavy atom. The van der Waals surface area contributed by atoms with E-state index < -0.39 is 0 Å². The van der Waals surface area contributed by atoms with E-state index in [4.69, 9.17) is 0 Å². The fourth-order valence-electron chi connectivity index (χ4n) is 2.41. The lowest BCUT2D eigenvalue weighted by atomic mass is 9.94. The van der Waals surface area contributed by atoms with Crippen LogP contribution in [0.2, 0.25) is 0 Å². The number of hydrogen-bond acceptors (Lipinski definition) is 2.